The molecule has 4 aliphatic rings. The number of urea groups is 1. The normalized spacial score (nSPS) is 21.8. The number of carbonyl (C=O) groups excluding carboxylic acids is 4. The number of esters is 1. The minimum atomic E-state index is -2.04. The highest BCUT2D eigenvalue weighted by molar-refractivity contribution is 6.24. The number of nitrogens with zero attached hydrogens (tertiary/aromatic N) is 6. The third kappa shape index (κ3) is 8.20. The molecule has 15 heteroatoms. The van der Waals surface area contributed by atoms with Crippen LogP contribution in [-0.2, 0) is 44.0 Å². The zero-order valence-corrected chi connectivity index (χ0v) is 42.4. The maximum Gasteiger partial charge on any atom is 0.329 e. The molecular formula is C62H53N7O8. The van der Waals surface area contributed by atoms with E-state index in [1.54, 1.807) is 54.1 Å². The minimum absolute atomic E-state index is 0.0318. The number of aromatic nitrogens is 3. The number of ether oxygens (including phenoxy) is 3. The molecule has 0 aliphatic carbocycles. The van der Waals surface area contributed by atoms with Gasteiger partial charge in [0.25, 0.3) is 0 Å². The number of fused-ring (bicyclic) bond motifs is 5. The lowest BCUT2D eigenvalue weighted by atomic mass is 9.64. The molecule has 4 aliphatic heterocycles. The molecule has 384 valence electrons. The largest absolute Gasteiger partial charge is 0.508 e. The fraction of sp³-hybridized carbons (Fsp3) is 0.226. The SMILES string of the molecule is COc1cc2c(cc1OC)CN(C(=O)[C@H]1[C@@H]3C(=O)O[C@@H](c4ccccc4)[C@@H](c4ccccc4)N3[C@@H](c3ccc(O)cc3)[C@]13C(=O)N(C(=O)N[C@H](C)c1ccccc1)c1ccc(C#CCn4nnc5ccccc54)cc13)CC2. The first-order valence-corrected chi connectivity index (χ1v) is 25.6. The highest BCUT2D eigenvalue weighted by Gasteiger charge is 2.76. The Balaban J connectivity index is 1.11. The Morgan fingerprint density at radius 3 is 2.16 bits per heavy atom. The maximum absolute atomic E-state index is 17.0. The van der Waals surface area contributed by atoms with Crippen LogP contribution in [0.3, 0.4) is 0 Å². The van der Waals surface area contributed by atoms with Gasteiger partial charge in [-0.1, -0.05) is 132 Å². The number of anilines is 1. The number of para-hydroxylation sites is 1. The number of aromatic hydroxyl groups is 1. The van der Waals surface area contributed by atoms with Crippen molar-refractivity contribution in [3.63, 3.8) is 0 Å². The molecule has 8 aromatic rings. The van der Waals surface area contributed by atoms with Crippen LogP contribution in [0.1, 0.15) is 75.7 Å². The summed E-state index contributed by atoms with van der Waals surface area (Å²) in [4.78, 5) is 69.6. The van der Waals surface area contributed by atoms with Gasteiger partial charge in [0, 0.05) is 18.7 Å². The average molecular weight is 1020 g/mol. The standard InChI is InChI=1S/C62H53N7O8/c1-38(40-17-7-4-8-18-40)63-61(74)68-49-30-25-39(16-15-32-67-50-24-14-13-23-48(50)64-65-67)34-47(49)62(60(68)73)53(58(71)66-33-31-44-35-51(75-2)52(76-3)36-45(44)37-66)55-59(72)77-56(42-21-11-6-12-22-42)54(41-19-9-5-10-20-41)69(55)57(62)43-26-28-46(70)29-27-43/h4-14,17-30,34-36,38,53-57,70H,31-33,37H2,1-3H3,(H,63,74)/t38-,53-,54-,55-,56+,57+,62-/m1/s1. The van der Waals surface area contributed by atoms with E-state index in [0.717, 1.165) is 38.2 Å². The second-order valence-electron chi connectivity index (χ2n) is 19.8. The van der Waals surface area contributed by atoms with E-state index in [2.05, 4.69) is 27.5 Å². The van der Waals surface area contributed by atoms with Crippen molar-refractivity contribution >= 4 is 40.5 Å². The highest BCUT2D eigenvalue weighted by Crippen LogP contribution is 2.66. The van der Waals surface area contributed by atoms with Crippen LogP contribution >= 0.6 is 0 Å². The topological polar surface area (TPSA) is 169 Å². The molecule has 2 fully saturated rings. The summed E-state index contributed by atoms with van der Waals surface area (Å²) in [6.07, 6.45) is -0.495. The zero-order chi connectivity index (χ0) is 53.0. The average Bonchev–Trinajstić information content (AvgIpc) is 4.16. The molecular weight excluding hydrogens is 971 g/mol. The Kier molecular flexibility index (Phi) is 12.5. The number of methoxy groups -OCH3 is 2. The van der Waals surface area contributed by atoms with Gasteiger partial charge in [-0.25, -0.2) is 14.4 Å². The number of phenolic OH excluding ortho intramolecular Hbond substituents is 1. The number of morpholine rings is 1. The number of amides is 4. The Hall–Kier alpha value is -9.26. The smallest absolute Gasteiger partial charge is 0.329 e. The van der Waals surface area contributed by atoms with Crippen LogP contribution in [0.4, 0.5) is 10.5 Å². The van der Waals surface area contributed by atoms with Crippen molar-refractivity contribution in [2.24, 2.45) is 5.92 Å². The lowest BCUT2D eigenvalue weighted by Crippen LogP contribution is -2.57. The molecule has 0 radical (unpaired) electrons. The lowest BCUT2D eigenvalue weighted by molar-refractivity contribution is -0.179. The van der Waals surface area contributed by atoms with Crippen molar-refractivity contribution in [3.05, 3.63) is 214 Å². The van der Waals surface area contributed by atoms with Gasteiger partial charge in [0.2, 0.25) is 11.8 Å². The molecule has 2 N–H and O–H groups in total. The fourth-order valence-corrected chi connectivity index (χ4v) is 12.2. The summed E-state index contributed by atoms with van der Waals surface area (Å²) in [7, 11) is 3.13. The van der Waals surface area contributed by atoms with Crippen LogP contribution < -0.4 is 19.7 Å². The van der Waals surface area contributed by atoms with E-state index in [9.17, 15) is 5.11 Å². The van der Waals surface area contributed by atoms with Crippen LogP contribution in [0.5, 0.6) is 17.2 Å². The van der Waals surface area contributed by atoms with Gasteiger partial charge in [0.05, 0.1) is 49.5 Å². The van der Waals surface area contributed by atoms with Crippen LogP contribution in [0, 0.1) is 17.8 Å². The highest BCUT2D eigenvalue weighted by atomic mass is 16.6. The van der Waals surface area contributed by atoms with Gasteiger partial charge >= 0.3 is 12.0 Å². The van der Waals surface area contributed by atoms with Crippen molar-refractivity contribution in [1.29, 1.82) is 0 Å². The predicted molar refractivity (Wildman–Crippen MR) is 286 cm³/mol. The number of imide groups is 1. The van der Waals surface area contributed by atoms with Crippen molar-refractivity contribution in [3.8, 4) is 29.1 Å². The summed E-state index contributed by atoms with van der Waals surface area (Å²) in [5, 5.41) is 22.7. The third-order valence-corrected chi connectivity index (χ3v) is 15.7. The molecule has 5 heterocycles. The van der Waals surface area contributed by atoms with Gasteiger partial charge in [-0.2, -0.15) is 0 Å². The number of benzene rings is 7. The van der Waals surface area contributed by atoms with Gasteiger partial charge in [-0.3, -0.25) is 19.3 Å². The van der Waals surface area contributed by atoms with Gasteiger partial charge in [0.1, 0.15) is 35.4 Å². The monoisotopic (exact) mass is 1020 g/mol. The quantitative estimate of drug-likeness (QED) is 0.105. The summed E-state index contributed by atoms with van der Waals surface area (Å²) in [5.41, 5.74) is 5.07. The van der Waals surface area contributed by atoms with E-state index in [1.165, 1.54) is 12.1 Å². The molecule has 15 nitrogen and oxygen atoms in total. The van der Waals surface area contributed by atoms with E-state index < -0.39 is 65.4 Å². The Morgan fingerprint density at radius 1 is 0.779 bits per heavy atom. The fourth-order valence-electron chi connectivity index (χ4n) is 12.2. The Labute approximate surface area is 444 Å². The summed E-state index contributed by atoms with van der Waals surface area (Å²) in [6.45, 7) is 2.37. The molecule has 0 bridgehead atoms. The predicted octanol–water partition coefficient (Wildman–Crippen LogP) is 8.93. The lowest BCUT2D eigenvalue weighted by Gasteiger charge is -2.46. The van der Waals surface area contributed by atoms with Gasteiger partial charge in [-0.05, 0) is 107 Å². The first-order valence-electron chi connectivity index (χ1n) is 25.6. The van der Waals surface area contributed by atoms with Gasteiger partial charge in [0.15, 0.2) is 11.5 Å². The van der Waals surface area contributed by atoms with E-state index >= 15 is 19.2 Å². The molecule has 7 aromatic carbocycles. The summed E-state index contributed by atoms with van der Waals surface area (Å²) >= 11 is 0. The molecule has 4 amide bonds. The Morgan fingerprint density at radius 2 is 1.44 bits per heavy atom. The summed E-state index contributed by atoms with van der Waals surface area (Å²) in [5.74, 6) is 4.15. The van der Waals surface area contributed by atoms with Crippen molar-refractivity contribution in [1.82, 2.24) is 30.1 Å². The molecule has 7 atom stereocenters. The van der Waals surface area contributed by atoms with Crippen LogP contribution in [0.2, 0.25) is 0 Å². The van der Waals surface area contributed by atoms with Gasteiger partial charge < -0.3 is 29.5 Å². The second-order valence-corrected chi connectivity index (χ2v) is 19.8. The molecule has 1 spiro atoms. The van der Waals surface area contributed by atoms with E-state index in [1.807, 2.05) is 139 Å². The zero-order valence-electron chi connectivity index (χ0n) is 42.4. The van der Waals surface area contributed by atoms with E-state index in [-0.39, 0.29) is 31.1 Å². The van der Waals surface area contributed by atoms with E-state index in [0.29, 0.717) is 40.2 Å². The molecule has 12 rings (SSSR count). The Bertz CT molecular complexity index is 3660. The van der Waals surface area contributed by atoms with Crippen LogP contribution in [0.15, 0.2) is 170 Å². The van der Waals surface area contributed by atoms with Gasteiger partial charge in [-0.15, -0.1) is 5.10 Å². The number of rotatable bonds is 9. The second kappa shape index (κ2) is 19.8. The van der Waals surface area contributed by atoms with Crippen molar-refractivity contribution < 1.29 is 38.5 Å². The van der Waals surface area contributed by atoms with Crippen molar-refractivity contribution in [2.45, 2.75) is 62.1 Å². The minimum Gasteiger partial charge on any atom is -0.508 e. The molecule has 0 saturated carbocycles. The number of cyclic esters (lactones) is 1. The van der Waals surface area contributed by atoms with Crippen LogP contribution in [0.25, 0.3) is 11.0 Å². The third-order valence-electron chi connectivity index (χ3n) is 15.7. The molecule has 1 aromatic heterocycles. The van der Waals surface area contributed by atoms with E-state index in [4.69, 9.17) is 14.2 Å². The number of hydrogen-bond acceptors (Lipinski definition) is 11. The number of nitrogens with one attached hydrogen (secondary N) is 1. The molecule has 0 unspecified atom stereocenters. The number of carbonyl (C=O) groups is 4. The molecule has 2 saturated heterocycles. The first kappa shape index (κ1) is 48.7. The maximum atomic E-state index is 17.0. The van der Waals surface area contributed by atoms with Crippen molar-refractivity contribution in [2.75, 3.05) is 25.7 Å². The number of hydrogen-bond donors (Lipinski definition) is 2. The summed E-state index contributed by atoms with van der Waals surface area (Å²) in [6, 6.07) is 47.0. The summed E-state index contributed by atoms with van der Waals surface area (Å²) < 4.78 is 19.8. The first-order chi connectivity index (χ1) is 37.6. The van der Waals surface area contributed by atoms with Crippen LogP contribution in [-0.4, -0.2) is 80.5 Å². The molecule has 77 heavy (non-hydrogen) atoms. The number of phenols is 1.